The Bertz CT molecular complexity index is 769. The molecule has 1 aliphatic rings. The number of nitrogens with zero attached hydrogens (tertiary/aromatic N) is 1. The van der Waals surface area contributed by atoms with Crippen molar-refractivity contribution in [1.29, 1.82) is 0 Å². The molecule has 32 heavy (non-hydrogen) atoms. The van der Waals surface area contributed by atoms with Gasteiger partial charge in [0.1, 0.15) is 0 Å². The van der Waals surface area contributed by atoms with Gasteiger partial charge in [0.15, 0.2) is 17.0 Å². The van der Waals surface area contributed by atoms with Gasteiger partial charge in [0.05, 0.1) is 0 Å². The Morgan fingerprint density at radius 3 is 2.06 bits per heavy atom. The predicted molar refractivity (Wildman–Crippen MR) is 119 cm³/mol. The van der Waals surface area contributed by atoms with Crippen molar-refractivity contribution in [2.45, 2.75) is 96.6 Å². The first-order chi connectivity index (χ1) is 15.2. The molecule has 180 valence electrons. The molecule has 0 radical (unpaired) electrons. The van der Waals surface area contributed by atoms with Gasteiger partial charge in [0.2, 0.25) is 0 Å². The van der Waals surface area contributed by atoms with Gasteiger partial charge < -0.3 is 10.2 Å². The number of carboxylic acid groups (broad SMARTS) is 2. The van der Waals surface area contributed by atoms with Crippen LogP contribution >= 0.6 is 0 Å². The number of hydrogen-bond donors (Lipinski definition) is 2. The minimum absolute atomic E-state index is 0.0288. The molecule has 2 N–H and O–H groups in total. The third kappa shape index (κ3) is 6.50. The van der Waals surface area contributed by atoms with E-state index in [0.29, 0.717) is 18.4 Å². The van der Waals surface area contributed by atoms with Crippen LogP contribution in [0, 0.1) is 17.0 Å². The Balaban J connectivity index is 1.88. The third-order valence-electron chi connectivity index (χ3n) is 6.89. The fourth-order valence-corrected chi connectivity index (χ4v) is 4.67. The average Bonchev–Trinajstić information content (AvgIpc) is 3.22. The van der Waals surface area contributed by atoms with Crippen LogP contribution < -0.4 is 0 Å². The maximum Gasteiger partial charge on any atom is 0.321 e. The van der Waals surface area contributed by atoms with Crippen molar-refractivity contribution in [3.63, 3.8) is 0 Å². The van der Waals surface area contributed by atoms with Crippen LogP contribution in [-0.4, -0.2) is 40.1 Å². The molecule has 1 unspecified atom stereocenters. The van der Waals surface area contributed by atoms with Gasteiger partial charge in [0.25, 0.3) is 0 Å². The van der Waals surface area contributed by atoms with E-state index in [1.165, 1.54) is 32.1 Å². The molecule has 0 spiro atoms. The van der Waals surface area contributed by atoms with E-state index in [2.05, 4.69) is 6.92 Å². The molecule has 1 aromatic rings. The number of carboxylic acids is 2. The maximum absolute atomic E-state index is 14.7. The van der Waals surface area contributed by atoms with E-state index >= 15 is 0 Å². The van der Waals surface area contributed by atoms with Crippen LogP contribution in [0.3, 0.4) is 0 Å². The van der Waals surface area contributed by atoms with Crippen LogP contribution in [-0.2, 0) is 22.6 Å². The fourth-order valence-electron chi connectivity index (χ4n) is 4.67. The van der Waals surface area contributed by atoms with Gasteiger partial charge in [0, 0.05) is 18.2 Å². The van der Waals surface area contributed by atoms with Crippen molar-refractivity contribution in [3.8, 4) is 0 Å². The van der Waals surface area contributed by atoms with Crippen molar-refractivity contribution in [2.24, 2.45) is 5.41 Å². The lowest BCUT2D eigenvalue weighted by Gasteiger charge is -2.26. The number of unbranched alkanes of at least 4 members (excludes halogenated alkanes) is 7. The Hall–Kier alpha value is -2.02. The summed E-state index contributed by atoms with van der Waals surface area (Å²) < 4.78 is 29.3. The number of aliphatic carboxylic acids is 2. The molecule has 0 heterocycles. The van der Waals surface area contributed by atoms with Crippen molar-refractivity contribution >= 4 is 11.9 Å². The molecular formula is C25H37F2NO4. The molecule has 1 saturated carbocycles. The van der Waals surface area contributed by atoms with Crippen LogP contribution in [0.5, 0.6) is 0 Å². The summed E-state index contributed by atoms with van der Waals surface area (Å²) in [4.78, 5) is 24.7. The second kappa shape index (κ2) is 12.3. The Labute approximate surface area is 189 Å². The number of hydrogen-bond acceptors (Lipinski definition) is 3. The van der Waals surface area contributed by atoms with Crippen LogP contribution in [0.4, 0.5) is 8.78 Å². The van der Waals surface area contributed by atoms with Gasteiger partial charge in [-0.25, -0.2) is 8.78 Å². The highest BCUT2D eigenvalue weighted by molar-refractivity contribution is 5.98. The van der Waals surface area contributed by atoms with Crippen molar-refractivity contribution < 1.29 is 28.6 Å². The van der Waals surface area contributed by atoms with Gasteiger partial charge in [-0.2, -0.15) is 0 Å². The number of aryl methyl sites for hydroxylation is 1. The first-order valence-corrected chi connectivity index (χ1v) is 11.9. The van der Waals surface area contributed by atoms with E-state index < -0.39 is 29.0 Å². The summed E-state index contributed by atoms with van der Waals surface area (Å²) in [6.45, 7) is 2.29. The summed E-state index contributed by atoms with van der Waals surface area (Å²) in [5.74, 6) is -4.36. The third-order valence-corrected chi connectivity index (χ3v) is 6.89. The smallest absolute Gasteiger partial charge is 0.321 e. The van der Waals surface area contributed by atoms with Crippen LogP contribution in [0.15, 0.2) is 12.1 Å². The summed E-state index contributed by atoms with van der Waals surface area (Å²) in [6.07, 6.45) is 10.0. The number of carbonyl (C=O) groups is 2. The van der Waals surface area contributed by atoms with Crippen LogP contribution in [0.1, 0.15) is 88.7 Å². The SMILES string of the molecule is CCCCCCCCCCc1ccc(CN(C)C2CCC(C(=O)O)(C(=O)O)C2)c(F)c1F. The monoisotopic (exact) mass is 453 g/mol. The molecule has 5 nitrogen and oxygen atoms in total. The normalized spacial score (nSPS) is 17.7. The molecule has 0 amide bonds. The lowest BCUT2D eigenvalue weighted by Crippen LogP contribution is -2.39. The zero-order chi connectivity index (χ0) is 23.7. The minimum Gasteiger partial charge on any atom is -0.480 e. The van der Waals surface area contributed by atoms with Crippen molar-refractivity contribution in [2.75, 3.05) is 7.05 Å². The second-order valence-corrected chi connectivity index (χ2v) is 9.24. The molecular weight excluding hydrogens is 416 g/mol. The molecule has 0 aliphatic heterocycles. The summed E-state index contributed by atoms with van der Waals surface area (Å²) in [5.41, 5.74) is -1.22. The second-order valence-electron chi connectivity index (χ2n) is 9.24. The topological polar surface area (TPSA) is 77.8 Å². The quantitative estimate of drug-likeness (QED) is 0.275. The fraction of sp³-hybridized carbons (Fsp3) is 0.680. The Morgan fingerprint density at radius 2 is 1.50 bits per heavy atom. The molecule has 2 rings (SSSR count). The van der Waals surface area contributed by atoms with Crippen LogP contribution in [0.25, 0.3) is 0 Å². The Kier molecular flexibility index (Phi) is 10.1. The van der Waals surface area contributed by atoms with E-state index in [0.717, 1.165) is 19.3 Å². The summed E-state index contributed by atoms with van der Waals surface area (Å²) in [6, 6.07) is 2.91. The lowest BCUT2D eigenvalue weighted by molar-refractivity contribution is -0.164. The van der Waals surface area contributed by atoms with Crippen LogP contribution in [0.2, 0.25) is 0 Å². The van der Waals surface area contributed by atoms with Gasteiger partial charge in [-0.15, -0.1) is 0 Å². The van der Waals surface area contributed by atoms with Gasteiger partial charge in [-0.05, 0) is 44.7 Å². The molecule has 7 heteroatoms. The standard InChI is InChI=1S/C25H37F2NO4/c1-3-4-5-6-7-8-9-10-11-18-12-13-19(22(27)21(18)26)17-28(2)20-14-15-25(16-20,23(29)30)24(31)32/h12-13,20H,3-11,14-17H2,1-2H3,(H,29,30)(H,31,32). The molecule has 0 saturated heterocycles. The highest BCUT2D eigenvalue weighted by Crippen LogP contribution is 2.41. The molecule has 1 atom stereocenters. The van der Waals surface area contributed by atoms with E-state index in [4.69, 9.17) is 0 Å². The molecule has 0 bridgehead atoms. The zero-order valence-electron chi connectivity index (χ0n) is 19.3. The zero-order valence-corrected chi connectivity index (χ0v) is 19.3. The van der Waals surface area contributed by atoms with E-state index in [9.17, 15) is 28.6 Å². The molecule has 1 fully saturated rings. The lowest BCUT2D eigenvalue weighted by atomic mass is 9.86. The maximum atomic E-state index is 14.7. The number of benzene rings is 1. The van der Waals surface area contributed by atoms with Crippen molar-refractivity contribution in [3.05, 3.63) is 34.9 Å². The highest BCUT2D eigenvalue weighted by Gasteiger charge is 2.52. The van der Waals surface area contributed by atoms with Gasteiger partial charge >= 0.3 is 11.9 Å². The summed E-state index contributed by atoms with van der Waals surface area (Å²) in [5, 5.41) is 18.8. The molecule has 0 aromatic heterocycles. The number of rotatable bonds is 14. The van der Waals surface area contributed by atoms with Gasteiger partial charge in [-0.1, -0.05) is 64.0 Å². The van der Waals surface area contributed by atoms with Crippen molar-refractivity contribution in [1.82, 2.24) is 4.90 Å². The largest absolute Gasteiger partial charge is 0.480 e. The first-order valence-electron chi connectivity index (χ1n) is 11.9. The van der Waals surface area contributed by atoms with Gasteiger partial charge in [-0.3, -0.25) is 14.5 Å². The summed E-state index contributed by atoms with van der Waals surface area (Å²) in [7, 11) is 1.69. The predicted octanol–water partition coefficient (Wildman–Crippen LogP) is 5.79. The summed E-state index contributed by atoms with van der Waals surface area (Å²) >= 11 is 0. The van der Waals surface area contributed by atoms with E-state index in [1.54, 1.807) is 24.1 Å². The number of halogens is 2. The minimum atomic E-state index is -1.80. The molecule has 1 aliphatic carbocycles. The van der Waals surface area contributed by atoms with E-state index in [1.807, 2.05) is 0 Å². The molecule has 1 aromatic carbocycles. The highest BCUT2D eigenvalue weighted by atomic mass is 19.2. The van der Waals surface area contributed by atoms with E-state index in [-0.39, 0.29) is 31.0 Å². The average molecular weight is 454 g/mol. The first kappa shape index (κ1) is 26.2. The Morgan fingerprint density at radius 1 is 0.969 bits per heavy atom.